The quantitative estimate of drug-likeness (QED) is 0.429. The zero-order valence-electron chi connectivity index (χ0n) is 15.4. The molecule has 1 aromatic heterocycles. The van der Waals surface area contributed by atoms with E-state index in [1.807, 2.05) is 47.8 Å². The largest absolute Gasteiger partial charge is 0.451 e. The Bertz CT molecular complexity index is 831. The van der Waals surface area contributed by atoms with Gasteiger partial charge in [-0.25, -0.2) is 4.79 Å². The Morgan fingerprint density at radius 3 is 2.59 bits per heavy atom. The summed E-state index contributed by atoms with van der Waals surface area (Å²) < 4.78 is 4.94. The van der Waals surface area contributed by atoms with Crippen molar-refractivity contribution in [3.05, 3.63) is 63.4 Å². The molecule has 0 fully saturated rings. The second kappa shape index (κ2) is 10.3. The Balaban J connectivity index is 1.83. The summed E-state index contributed by atoms with van der Waals surface area (Å²) >= 11 is 1.62. The van der Waals surface area contributed by atoms with Gasteiger partial charge in [-0.15, -0.1) is 11.3 Å². The van der Waals surface area contributed by atoms with Crippen molar-refractivity contribution in [3.63, 3.8) is 0 Å². The highest BCUT2D eigenvalue weighted by Crippen LogP contribution is 2.16. The SMILES string of the molecule is CC(C)c1ccc(/C=C(\C#N)C(=O)OCC(=O)NCCc2cccs2)cc1. The molecule has 1 heterocycles. The molecule has 0 aliphatic rings. The molecule has 5 nitrogen and oxygen atoms in total. The Morgan fingerprint density at radius 1 is 1.26 bits per heavy atom. The third kappa shape index (κ3) is 6.72. The van der Waals surface area contributed by atoms with E-state index in [4.69, 9.17) is 4.74 Å². The minimum absolute atomic E-state index is 0.140. The second-order valence-corrected chi connectivity index (χ2v) is 7.28. The van der Waals surface area contributed by atoms with Crippen LogP contribution in [0.5, 0.6) is 0 Å². The highest BCUT2D eigenvalue weighted by Gasteiger charge is 2.13. The first-order chi connectivity index (χ1) is 13.0. The van der Waals surface area contributed by atoms with Crippen molar-refractivity contribution >= 4 is 29.3 Å². The molecule has 140 valence electrons. The number of ether oxygens (including phenoxy) is 1. The fraction of sp³-hybridized carbons (Fsp3) is 0.286. The van der Waals surface area contributed by atoms with Crippen LogP contribution in [0.1, 0.15) is 35.8 Å². The number of hydrogen-bond donors (Lipinski definition) is 1. The van der Waals surface area contributed by atoms with Gasteiger partial charge in [-0.2, -0.15) is 5.26 Å². The normalized spacial score (nSPS) is 11.1. The van der Waals surface area contributed by atoms with E-state index >= 15 is 0 Å². The third-order valence-electron chi connectivity index (χ3n) is 3.86. The molecule has 0 bridgehead atoms. The van der Waals surface area contributed by atoms with E-state index in [0.717, 1.165) is 12.0 Å². The molecule has 0 atom stereocenters. The van der Waals surface area contributed by atoms with Gasteiger partial charge >= 0.3 is 5.97 Å². The van der Waals surface area contributed by atoms with Crippen LogP contribution in [-0.2, 0) is 20.7 Å². The first kappa shape index (κ1) is 20.4. The lowest BCUT2D eigenvalue weighted by molar-refractivity contribution is -0.144. The summed E-state index contributed by atoms with van der Waals surface area (Å²) in [5, 5.41) is 13.9. The third-order valence-corrected chi connectivity index (χ3v) is 4.80. The molecule has 1 amide bonds. The number of nitrogens with zero attached hydrogens (tertiary/aromatic N) is 1. The molecule has 1 N–H and O–H groups in total. The monoisotopic (exact) mass is 382 g/mol. The van der Waals surface area contributed by atoms with Crippen molar-refractivity contribution < 1.29 is 14.3 Å². The topological polar surface area (TPSA) is 79.2 Å². The van der Waals surface area contributed by atoms with E-state index in [1.54, 1.807) is 11.3 Å². The molecule has 2 rings (SSSR count). The van der Waals surface area contributed by atoms with E-state index in [1.165, 1.54) is 16.5 Å². The van der Waals surface area contributed by atoms with Crippen LogP contribution in [0.2, 0.25) is 0 Å². The summed E-state index contributed by atoms with van der Waals surface area (Å²) in [6.45, 7) is 4.25. The van der Waals surface area contributed by atoms with Gasteiger partial charge in [0.25, 0.3) is 5.91 Å². The Kier molecular flexibility index (Phi) is 7.78. The van der Waals surface area contributed by atoms with Gasteiger partial charge in [-0.1, -0.05) is 44.2 Å². The van der Waals surface area contributed by atoms with Crippen LogP contribution in [0, 0.1) is 11.3 Å². The van der Waals surface area contributed by atoms with Gasteiger partial charge in [0.2, 0.25) is 0 Å². The minimum atomic E-state index is -0.807. The zero-order chi connectivity index (χ0) is 19.6. The molecule has 0 saturated carbocycles. The van der Waals surface area contributed by atoms with Crippen LogP contribution in [0.4, 0.5) is 0 Å². The maximum absolute atomic E-state index is 12.0. The lowest BCUT2D eigenvalue weighted by atomic mass is 10.0. The lowest BCUT2D eigenvalue weighted by Crippen LogP contribution is -2.30. The zero-order valence-corrected chi connectivity index (χ0v) is 16.2. The van der Waals surface area contributed by atoms with Crippen LogP contribution in [-0.4, -0.2) is 25.0 Å². The van der Waals surface area contributed by atoms with Crippen molar-refractivity contribution in [2.45, 2.75) is 26.2 Å². The standard InChI is InChI=1S/C21H22N2O3S/c1-15(2)17-7-5-16(6-8-17)12-18(13-22)21(25)26-14-20(24)23-10-9-19-4-3-11-27-19/h3-8,11-12,15H,9-10,14H2,1-2H3,(H,23,24)/b18-12+. The number of nitriles is 1. The first-order valence-corrected chi connectivity index (χ1v) is 9.55. The Morgan fingerprint density at radius 2 is 2.00 bits per heavy atom. The maximum Gasteiger partial charge on any atom is 0.349 e. The molecule has 0 spiro atoms. The van der Waals surface area contributed by atoms with E-state index in [9.17, 15) is 14.9 Å². The van der Waals surface area contributed by atoms with Crippen LogP contribution in [0.3, 0.4) is 0 Å². The van der Waals surface area contributed by atoms with Gasteiger partial charge in [-0.3, -0.25) is 4.79 Å². The van der Waals surface area contributed by atoms with Gasteiger partial charge < -0.3 is 10.1 Å². The van der Waals surface area contributed by atoms with Crippen molar-refractivity contribution in [2.75, 3.05) is 13.2 Å². The number of benzene rings is 1. The summed E-state index contributed by atoms with van der Waals surface area (Å²) in [6.07, 6.45) is 2.19. The first-order valence-electron chi connectivity index (χ1n) is 8.67. The summed E-state index contributed by atoms with van der Waals surface area (Å²) in [6, 6.07) is 13.4. The molecule has 6 heteroatoms. The molecule has 0 saturated heterocycles. The number of thiophene rings is 1. The van der Waals surface area contributed by atoms with Crippen LogP contribution < -0.4 is 5.32 Å². The van der Waals surface area contributed by atoms with Crippen molar-refractivity contribution in [2.24, 2.45) is 0 Å². The van der Waals surface area contributed by atoms with Crippen LogP contribution >= 0.6 is 11.3 Å². The molecule has 0 aliphatic carbocycles. The predicted molar refractivity (Wildman–Crippen MR) is 106 cm³/mol. The molecule has 1 aromatic carbocycles. The van der Waals surface area contributed by atoms with Gasteiger partial charge in [0, 0.05) is 11.4 Å². The molecule has 0 unspecified atom stereocenters. The highest BCUT2D eigenvalue weighted by molar-refractivity contribution is 7.09. The van der Waals surface area contributed by atoms with Gasteiger partial charge in [0.15, 0.2) is 6.61 Å². The summed E-state index contributed by atoms with van der Waals surface area (Å²) in [5.74, 6) is -0.793. The number of carbonyl (C=O) groups is 2. The smallest absolute Gasteiger partial charge is 0.349 e. The number of hydrogen-bond acceptors (Lipinski definition) is 5. The summed E-state index contributed by atoms with van der Waals surface area (Å²) in [7, 11) is 0. The number of rotatable bonds is 8. The van der Waals surface area contributed by atoms with Gasteiger partial charge in [-0.05, 0) is 41.0 Å². The molecule has 2 aromatic rings. The molecular formula is C21H22N2O3S. The molecule has 0 radical (unpaired) electrons. The lowest BCUT2D eigenvalue weighted by Gasteiger charge is -2.06. The molecule has 27 heavy (non-hydrogen) atoms. The number of nitrogens with one attached hydrogen (secondary N) is 1. The van der Waals surface area contributed by atoms with Crippen molar-refractivity contribution in [3.8, 4) is 6.07 Å². The van der Waals surface area contributed by atoms with E-state index in [-0.39, 0.29) is 5.57 Å². The molecule has 0 aliphatic heterocycles. The number of amides is 1. The average molecular weight is 382 g/mol. The van der Waals surface area contributed by atoms with Crippen LogP contribution in [0.25, 0.3) is 6.08 Å². The molecular weight excluding hydrogens is 360 g/mol. The fourth-order valence-electron chi connectivity index (χ4n) is 2.32. The Hall–Kier alpha value is -2.91. The van der Waals surface area contributed by atoms with Crippen molar-refractivity contribution in [1.29, 1.82) is 5.26 Å². The van der Waals surface area contributed by atoms with E-state index in [2.05, 4.69) is 19.2 Å². The number of carbonyl (C=O) groups excluding carboxylic acids is 2. The van der Waals surface area contributed by atoms with Crippen molar-refractivity contribution in [1.82, 2.24) is 5.32 Å². The maximum atomic E-state index is 12.0. The van der Waals surface area contributed by atoms with Crippen LogP contribution in [0.15, 0.2) is 47.4 Å². The number of esters is 1. The highest BCUT2D eigenvalue weighted by atomic mass is 32.1. The van der Waals surface area contributed by atoms with E-state index < -0.39 is 18.5 Å². The van der Waals surface area contributed by atoms with E-state index in [0.29, 0.717) is 12.5 Å². The summed E-state index contributed by atoms with van der Waals surface area (Å²) in [4.78, 5) is 25.0. The fourth-order valence-corrected chi connectivity index (χ4v) is 3.03. The average Bonchev–Trinajstić information content (AvgIpc) is 3.18. The van der Waals surface area contributed by atoms with Gasteiger partial charge in [0.1, 0.15) is 11.6 Å². The minimum Gasteiger partial charge on any atom is -0.451 e. The van der Waals surface area contributed by atoms with Gasteiger partial charge in [0.05, 0.1) is 0 Å². The predicted octanol–water partition coefficient (Wildman–Crippen LogP) is 3.68. The summed E-state index contributed by atoms with van der Waals surface area (Å²) in [5.41, 5.74) is 1.76. The Labute approximate surface area is 163 Å². The second-order valence-electron chi connectivity index (χ2n) is 6.25.